The lowest BCUT2D eigenvalue weighted by Crippen LogP contribution is -2.40. The Hall–Kier alpha value is -2.40. The molecule has 1 unspecified atom stereocenters. The number of amides is 1. The van der Waals surface area contributed by atoms with E-state index in [4.69, 9.17) is 4.74 Å². The third-order valence-corrected chi connectivity index (χ3v) is 6.44. The second-order valence-corrected chi connectivity index (χ2v) is 8.56. The number of carbonyl (C=O) groups excluding carboxylic acids is 1. The van der Waals surface area contributed by atoms with Crippen LogP contribution in [0.3, 0.4) is 0 Å². The van der Waals surface area contributed by atoms with Crippen molar-refractivity contribution in [3.8, 4) is 5.75 Å². The molecule has 1 aliphatic carbocycles. The number of hydrogen-bond donors (Lipinski definition) is 1. The summed E-state index contributed by atoms with van der Waals surface area (Å²) in [6.07, 6.45) is 7.54. The molecule has 1 fully saturated rings. The van der Waals surface area contributed by atoms with Gasteiger partial charge in [0.1, 0.15) is 5.75 Å². The van der Waals surface area contributed by atoms with Crippen LogP contribution in [0.5, 0.6) is 5.75 Å². The number of benzene rings is 1. The molecular weight excluding hydrogens is 374 g/mol. The Morgan fingerprint density at radius 2 is 2.00 bits per heavy atom. The summed E-state index contributed by atoms with van der Waals surface area (Å²) in [5.74, 6) is 1.48. The number of hydrogen-bond acceptors (Lipinski definition) is 4. The Kier molecular flexibility index (Phi) is 6.68. The molecule has 2 aromatic rings. The van der Waals surface area contributed by atoms with Gasteiger partial charge in [-0.05, 0) is 87.4 Å². The van der Waals surface area contributed by atoms with Crippen LogP contribution >= 0.6 is 0 Å². The van der Waals surface area contributed by atoms with Crippen molar-refractivity contribution >= 4 is 5.91 Å². The molecule has 1 aliphatic heterocycles. The Bertz CT molecular complexity index is 860. The van der Waals surface area contributed by atoms with Gasteiger partial charge in [-0.25, -0.2) is 0 Å². The third-order valence-electron chi connectivity index (χ3n) is 6.44. The molecule has 0 spiro atoms. The average Bonchev–Trinajstić information content (AvgIpc) is 3.21. The number of aromatic nitrogens is 1. The first-order valence-electron chi connectivity index (χ1n) is 11.3. The molecule has 5 nitrogen and oxygen atoms in total. The van der Waals surface area contributed by atoms with Gasteiger partial charge in [0.25, 0.3) is 0 Å². The molecule has 2 aliphatic rings. The molecule has 0 radical (unpaired) electrons. The average molecular weight is 408 g/mol. The van der Waals surface area contributed by atoms with E-state index in [0.717, 1.165) is 43.9 Å². The monoisotopic (exact) mass is 407 g/mol. The van der Waals surface area contributed by atoms with Crippen LogP contribution in [-0.4, -0.2) is 35.5 Å². The number of ether oxygens (including phenoxy) is 1. The second-order valence-electron chi connectivity index (χ2n) is 8.56. The maximum Gasteiger partial charge on any atom is 0.217 e. The molecule has 30 heavy (non-hydrogen) atoms. The van der Waals surface area contributed by atoms with E-state index in [2.05, 4.69) is 34.3 Å². The van der Waals surface area contributed by atoms with E-state index in [-0.39, 0.29) is 11.9 Å². The molecule has 1 atom stereocenters. The Morgan fingerprint density at radius 1 is 1.23 bits per heavy atom. The van der Waals surface area contributed by atoms with Crippen LogP contribution in [0, 0.1) is 5.92 Å². The number of fused-ring (bicyclic) bond motifs is 1. The molecule has 1 N–H and O–H groups in total. The van der Waals surface area contributed by atoms with Crippen molar-refractivity contribution in [2.24, 2.45) is 5.92 Å². The summed E-state index contributed by atoms with van der Waals surface area (Å²) in [5, 5.41) is 3.14. The van der Waals surface area contributed by atoms with Crippen molar-refractivity contribution in [3.63, 3.8) is 0 Å². The Morgan fingerprint density at radius 3 is 2.67 bits per heavy atom. The predicted molar refractivity (Wildman–Crippen MR) is 118 cm³/mol. The minimum Gasteiger partial charge on any atom is -0.494 e. The Labute approximate surface area is 179 Å². The zero-order valence-corrected chi connectivity index (χ0v) is 18.2. The van der Waals surface area contributed by atoms with Gasteiger partial charge in [-0.3, -0.25) is 14.7 Å². The fourth-order valence-electron chi connectivity index (χ4n) is 4.96. The van der Waals surface area contributed by atoms with Crippen molar-refractivity contribution in [2.45, 2.75) is 58.5 Å². The van der Waals surface area contributed by atoms with Gasteiger partial charge in [-0.2, -0.15) is 0 Å². The zero-order chi connectivity index (χ0) is 20.9. The maximum absolute atomic E-state index is 11.8. The van der Waals surface area contributed by atoms with Crippen LogP contribution in [0.1, 0.15) is 61.5 Å². The quantitative estimate of drug-likeness (QED) is 0.752. The minimum atomic E-state index is -0.00942. The first-order valence-corrected chi connectivity index (χ1v) is 11.3. The number of likely N-dealkylation sites (tertiary alicyclic amines) is 1. The van der Waals surface area contributed by atoms with Crippen molar-refractivity contribution in [2.75, 3.05) is 19.7 Å². The van der Waals surface area contributed by atoms with E-state index in [1.807, 2.05) is 24.4 Å². The highest BCUT2D eigenvalue weighted by Crippen LogP contribution is 2.34. The molecule has 1 aromatic heterocycles. The third kappa shape index (κ3) is 4.84. The topological polar surface area (TPSA) is 54.5 Å². The van der Waals surface area contributed by atoms with Gasteiger partial charge in [-0.1, -0.05) is 12.1 Å². The number of aryl methyl sites for hydroxylation is 2. The normalized spacial score (nSPS) is 18.1. The molecule has 0 saturated carbocycles. The number of piperidine rings is 1. The van der Waals surface area contributed by atoms with Crippen LogP contribution in [0.15, 0.2) is 36.5 Å². The smallest absolute Gasteiger partial charge is 0.217 e. The van der Waals surface area contributed by atoms with Gasteiger partial charge in [0.15, 0.2) is 0 Å². The van der Waals surface area contributed by atoms with Crippen molar-refractivity contribution in [1.29, 1.82) is 0 Å². The number of pyridine rings is 1. The minimum absolute atomic E-state index is 0.00702. The fraction of sp³-hybridized carbons (Fsp3) is 0.520. The molecular formula is C25H33N3O2. The molecule has 5 heteroatoms. The first-order chi connectivity index (χ1) is 14.6. The Balaban J connectivity index is 1.42. The van der Waals surface area contributed by atoms with E-state index in [9.17, 15) is 4.79 Å². The standard InChI is InChI=1S/C25H33N3O2/c1-3-30-24-16-21-8-6-7-20(21)15-22(24)17-28-13-10-19(11-14-28)25(27-18(2)29)23-9-4-5-12-26-23/h4-5,9,12,15-16,19,25H,3,6-8,10-11,13-14,17H2,1-2H3,(H,27,29). The number of nitrogens with one attached hydrogen (secondary N) is 1. The van der Waals surface area contributed by atoms with Crippen LogP contribution in [0.4, 0.5) is 0 Å². The van der Waals surface area contributed by atoms with Gasteiger partial charge in [0.05, 0.1) is 18.3 Å². The molecule has 4 rings (SSSR count). The summed E-state index contributed by atoms with van der Waals surface area (Å²) >= 11 is 0. The second kappa shape index (κ2) is 9.61. The fourth-order valence-corrected chi connectivity index (χ4v) is 4.96. The predicted octanol–water partition coefficient (Wildman–Crippen LogP) is 4.06. The summed E-state index contributed by atoms with van der Waals surface area (Å²) in [6.45, 7) is 7.34. The van der Waals surface area contributed by atoms with Crippen LogP contribution in [0.25, 0.3) is 0 Å². The summed E-state index contributed by atoms with van der Waals surface area (Å²) < 4.78 is 5.98. The van der Waals surface area contributed by atoms with Crippen molar-refractivity contribution < 1.29 is 9.53 Å². The van der Waals surface area contributed by atoms with Gasteiger partial charge in [0.2, 0.25) is 5.91 Å². The SMILES string of the molecule is CCOc1cc2c(cc1CN1CCC(C(NC(C)=O)c3ccccn3)CC1)CCC2. The molecule has 1 aromatic carbocycles. The lowest BCUT2D eigenvalue weighted by molar-refractivity contribution is -0.120. The van der Waals surface area contributed by atoms with Gasteiger partial charge in [0, 0.05) is 25.2 Å². The van der Waals surface area contributed by atoms with Crippen LogP contribution < -0.4 is 10.1 Å². The summed E-state index contributed by atoms with van der Waals surface area (Å²) in [4.78, 5) is 18.8. The highest BCUT2D eigenvalue weighted by molar-refractivity contribution is 5.73. The van der Waals surface area contributed by atoms with E-state index in [1.165, 1.54) is 36.0 Å². The van der Waals surface area contributed by atoms with Gasteiger partial charge < -0.3 is 10.1 Å². The maximum atomic E-state index is 11.8. The lowest BCUT2D eigenvalue weighted by atomic mass is 9.87. The molecule has 160 valence electrons. The highest BCUT2D eigenvalue weighted by Gasteiger charge is 2.29. The highest BCUT2D eigenvalue weighted by atomic mass is 16.5. The van der Waals surface area contributed by atoms with Crippen LogP contribution in [-0.2, 0) is 24.2 Å². The van der Waals surface area contributed by atoms with Gasteiger partial charge >= 0.3 is 0 Å². The molecule has 2 heterocycles. The van der Waals surface area contributed by atoms with Gasteiger partial charge in [-0.15, -0.1) is 0 Å². The lowest BCUT2D eigenvalue weighted by Gasteiger charge is -2.36. The largest absolute Gasteiger partial charge is 0.494 e. The summed E-state index contributed by atoms with van der Waals surface area (Å²) in [6, 6.07) is 10.6. The zero-order valence-electron chi connectivity index (χ0n) is 18.2. The molecule has 0 bridgehead atoms. The van der Waals surface area contributed by atoms with E-state index < -0.39 is 0 Å². The molecule has 1 amide bonds. The van der Waals surface area contributed by atoms with E-state index in [1.54, 1.807) is 6.92 Å². The summed E-state index contributed by atoms with van der Waals surface area (Å²) in [7, 11) is 0. The van der Waals surface area contributed by atoms with Crippen molar-refractivity contribution in [3.05, 3.63) is 58.9 Å². The first kappa shape index (κ1) is 20.9. The van der Waals surface area contributed by atoms with E-state index in [0.29, 0.717) is 12.5 Å². The molecule has 1 saturated heterocycles. The van der Waals surface area contributed by atoms with E-state index >= 15 is 0 Å². The van der Waals surface area contributed by atoms with Crippen molar-refractivity contribution in [1.82, 2.24) is 15.2 Å². The number of carbonyl (C=O) groups is 1. The number of rotatable bonds is 7. The number of nitrogens with zero attached hydrogens (tertiary/aromatic N) is 2. The van der Waals surface area contributed by atoms with Crippen LogP contribution in [0.2, 0.25) is 0 Å². The summed E-state index contributed by atoms with van der Waals surface area (Å²) in [5.41, 5.74) is 5.25.